The molecule has 1 heterocycles. The average Bonchev–Trinajstić information content (AvgIpc) is 2.53. The molecule has 112 valence electrons. The SMILES string of the molecule is COC(=O)C1=C(C(=O)OC)N(c2ccc(I)cc2)COC1. The van der Waals surface area contributed by atoms with Crippen molar-refractivity contribution in [1.29, 1.82) is 0 Å². The van der Waals surface area contributed by atoms with Gasteiger partial charge in [0.15, 0.2) is 0 Å². The van der Waals surface area contributed by atoms with E-state index in [-0.39, 0.29) is 24.6 Å². The number of ether oxygens (including phenoxy) is 3. The molecule has 6 nitrogen and oxygen atoms in total. The van der Waals surface area contributed by atoms with Crippen molar-refractivity contribution in [2.24, 2.45) is 0 Å². The second kappa shape index (κ2) is 6.90. The summed E-state index contributed by atoms with van der Waals surface area (Å²) in [6.07, 6.45) is 0. The van der Waals surface area contributed by atoms with E-state index in [4.69, 9.17) is 14.2 Å². The summed E-state index contributed by atoms with van der Waals surface area (Å²) >= 11 is 2.19. The van der Waals surface area contributed by atoms with Crippen LogP contribution in [0.1, 0.15) is 0 Å². The number of nitrogens with zero attached hydrogens (tertiary/aromatic N) is 1. The van der Waals surface area contributed by atoms with Crippen molar-refractivity contribution < 1.29 is 23.8 Å². The summed E-state index contributed by atoms with van der Waals surface area (Å²) in [7, 11) is 2.53. The van der Waals surface area contributed by atoms with Crippen LogP contribution in [0, 0.1) is 3.57 Å². The van der Waals surface area contributed by atoms with E-state index in [1.807, 2.05) is 24.3 Å². The smallest absolute Gasteiger partial charge is 0.355 e. The Morgan fingerprint density at radius 3 is 2.33 bits per heavy atom. The molecule has 0 fully saturated rings. The van der Waals surface area contributed by atoms with Crippen LogP contribution >= 0.6 is 22.6 Å². The van der Waals surface area contributed by atoms with Crippen LogP contribution in [0.25, 0.3) is 0 Å². The van der Waals surface area contributed by atoms with Gasteiger partial charge in [-0.25, -0.2) is 9.59 Å². The lowest BCUT2D eigenvalue weighted by Crippen LogP contribution is -2.38. The molecule has 0 unspecified atom stereocenters. The predicted octanol–water partition coefficient (Wildman–Crippen LogP) is 1.69. The van der Waals surface area contributed by atoms with Gasteiger partial charge in [-0.2, -0.15) is 0 Å². The van der Waals surface area contributed by atoms with Crippen molar-refractivity contribution in [3.8, 4) is 0 Å². The molecule has 1 aromatic rings. The van der Waals surface area contributed by atoms with Gasteiger partial charge in [0.25, 0.3) is 0 Å². The van der Waals surface area contributed by atoms with E-state index in [0.717, 1.165) is 9.26 Å². The number of carbonyl (C=O) groups excluding carboxylic acids is 2. The lowest BCUT2D eigenvalue weighted by molar-refractivity contribution is -0.140. The number of methoxy groups -OCH3 is 2. The Labute approximate surface area is 135 Å². The highest BCUT2D eigenvalue weighted by Crippen LogP contribution is 2.27. The molecular formula is C14H14INO5. The molecule has 0 saturated carbocycles. The lowest BCUT2D eigenvalue weighted by Gasteiger charge is -2.31. The van der Waals surface area contributed by atoms with Crippen LogP contribution in [-0.4, -0.2) is 39.5 Å². The third-order valence-corrected chi connectivity index (χ3v) is 3.69. The van der Waals surface area contributed by atoms with E-state index in [1.54, 1.807) is 4.90 Å². The molecule has 2 rings (SSSR count). The summed E-state index contributed by atoms with van der Waals surface area (Å²) in [6, 6.07) is 7.48. The molecular weight excluding hydrogens is 389 g/mol. The lowest BCUT2D eigenvalue weighted by atomic mass is 10.1. The second-order valence-corrected chi connectivity index (χ2v) is 5.44. The number of rotatable bonds is 3. The molecule has 1 aromatic carbocycles. The highest BCUT2D eigenvalue weighted by molar-refractivity contribution is 14.1. The summed E-state index contributed by atoms with van der Waals surface area (Å²) in [4.78, 5) is 25.5. The topological polar surface area (TPSA) is 65.1 Å². The Balaban J connectivity index is 2.50. The minimum atomic E-state index is -0.606. The zero-order chi connectivity index (χ0) is 15.4. The van der Waals surface area contributed by atoms with Gasteiger partial charge in [-0.15, -0.1) is 0 Å². The van der Waals surface area contributed by atoms with E-state index in [0.29, 0.717) is 0 Å². The van der Waals surface area contributed by atoms with E-state index in [2.05, 4.69) is 22.6 Å². The highest BCUT2D eigenvalue weighted by atomic mass is 127. The normalized spacial score (nSPS) is 14.9. The Morgan fingerprint density at radius 2 is 1.76 bits per heavy atom. The average molecular weight is 403 g/mol. The highest BCUT2D eigenvalue weighted by Gasteiger charge is 2.32. The molecule has 0 amide bonds. The van der Waals surface area contributed by atoms with Gasteiger partial charge in [0.1, 0.15) is 12.4 Å². The predicted molar refractivity (Wildman–Crippen MR) is 83.5 cm³/mol. The minimum Gasteiger partial charge on any atom is -0.466 e. The van der Waals surface area contributed by atoms with Crippen molar-refractivity contribution in [1.82, 2.24) is 0 Å². The van der Waals surface area contributed by atoms with Gasteiger partial charge in [0, 0.05) is 9.26 Å². The molecule has 0 atom stereocenters. The van der Waals surface area contributed by atoms with E-state index >= 15 is 0 Å². The Kier molecular flexibility index (Phi) is 5.18. The summed E-state index contributed by atoms with van der Waals surface area (Å²) < 4.78 is 15.9. The number of anilines is 1. The van der Waals surface area contributed by atoms with Crippen LogP contribution in [0.5, 0.6) is 0 Å². The Hall–Kier alpha value is -1.61. The Morgan fingerprint density at radius 1 is 1.14 bits per heavy atom. The standard InChI is InChI=1S/C14H14INO5/c1-19-13(17)11-7-21-8-16(12(11)14(18)20-2)10-5-3-9(15)4-6-10/h3-6H,7-8H2,1-2H3. The van der Waals surface area contributed by atoms with E-state index < -0.39 is 11.9 Å². The first-order valence-electron chi connectivity index (χ1n) is 6.09. The first-order chi connectivity index (χ1) is 10.1. The summed E-state index contributed by atoms with van der Waals surface area (Å²) in [5.74, 6) is -1.21. The summed E-state index contributed by atoms with van der Waals surface area (Å²) in [5, 5.41) is 0. The Bertz CT molecular complexity index is 582. The van der Waals surface area contributed by atoms with E-state index in [1.165, 1.54) is 14.2 Å². The largest absolute Gasteiger partial charge is 0.466 e. The molecule has 0 aromatic heterocycles. The van der Waals surface area contributed by atoms with Gasteiger partial charge in [-0.05, 0) is 46.9 Å². The molecule has 1 aliphatic heterocycles. The first kappa shape index (κ1) is 15.8. The molecule has 0 N–H and O–H groups in total. The fraction of sp³-hybridized carbons (Fsp3) is 0.286. The maximum atomic E-state index is 12.1. The van der Waals surface area contributed by atoms with Crippen molar-refractivity contribution in [3.63, 3.8) is 0 Å². The monoisotopic (exact) mass is 403 g/mol. The van der Waals surface area contributed by atoms with Crippen molar-refractivity contribution in [2.75, 3.05) is 32.5 Å². The number of halogens is 1. The molecule has 0 radical (unpaired) electrons. The number of hydrogen-bond acceptors (Lipinski definition) is 6. The quantitative estimate of drug-likeness (QED) is 0.566. The number of carbonyl (C=O) groups is 2. The van der Waals surface area contributed by atoms with Crippen LogP contribution in [0.3, 0.4) is 0 Å². The zero-order valence-corrected chi connectivity index (χ0v) is 13.7. The van der Waals surface area contributed by atoms with E-state index in [9.17, 15) is 9.59 Å². The first-order valence-corrected chi connectivity index (χ1v) is 7.17. The summed E-state index contributed by atoms with van der Waals surface area (Å²) in [6.45, 7) is 0.170. The van der Waals surface area contributed by atoms with Crippen molar-refractivity contribution in [3.05, 3.63) is 39.1 Å². The van der Waals surface area contributed by atoms with Gasteiger partial charge in [-0.3, -0.25) is 0 Å². The fourth-order valence-electron chi connectivity index (χ4n) is 1.97. The van der Waals surface area contributed by atoms with Gasteiger partial charge in [0.2, 0.25) is 0 Å². The third kappa shape index (κ3) is 3.35. The molecule has 7 heteroatoms. The van der Waals surface area contributed by atoms with Crippen LogP contribution in [-0.2, 0) is 23.8 Å². The number of hydrogen-bond donors (Lipinski definition) is 0. The third-order valence-electron chi connectivity index (χ3n) is 2.97. The van der Waals surface area contributed by atoms with Crippen LogP contribution < -0.4 is 4.90 Å². The van der Waals surface area contributed by atoms with Gasteiger partial charge in [-0.1, -0.05) is 0 Å². The molecule has 0 aliphatic carbocycles. The zero-order valence-electron chi connectivity index (χ0n) is 11.6. The number of benzene rings is 1. The van der Waals surface area contributed by atoms with Gasteiger partial charge in [0.05, 0.1) is 26.4 Å². The van der Waals surface area contributed by atoms with Crippen molar-refractivity contribution in [2.45, 2.75) is 0 Å². The second-order valence-electron chi connectivity index (χ2n) is 4.19. The van der Waals surface area contributed by atoms with Gasteiger partial charge < -0.3 is 19.1 Å². The van der Waals surface area contributed by atoms with Crippen LogP contribution in [0.2, 0.25) is 0 Å². The maximum Gasteiger partial charge on any atom is 0.355 e. The summed E-state index contributed by atoms with van der Waals surface area (Å²) in [5.41, 5.74) is 1.03. The maximum absolute atomic E-state index is 12.1. The molecule has 21 heavy (non-hydrogen) atoms. The molecule has 0 bridgehead atoms. The molecule has 0 spiro atoms. The molecule has 1 aliphatic rings. The fourth-order valence-corrected chi connectivity index (χ4v) is 2.33. The number of esters is 2. The van der Waals surface area contributed by atoms with Crippen LogP contribution in [0.4, 0.5) is 5.69 Å². The minimum absolute atomic E-state index is 0.0119. The van der Waals surface area contributed by atoms with Gasteiger partial charge >= 0.3 is 11.9 Å². The van der Waals surface area contributed by atoms with Crippen LogP contribution in [0.15, 0.2) is 35.5 Å². The van der Waals surface area contributed by atoms with Crippen molar-refractivity contribution >= 4 is 40.2 Å². The molecule has 0 saturated heterocycles.